The molecule has 0 spiro atoms. The molecule has 1 amide bonds. The second kappa shape index (κ2) is 4.84. The molecule has 0 aliphatic heterocycles. The van der Waals surface area contributed by atoms with Gasteiger partial charge in [-0.3, -0.25) is 4.79 Å². The van der Waals surface area contributed by atoms with E-state index in [4.69, 9.17) is 5.73 Å². The molecule has 5 nitrogen and oxygen atoms in total. The Labute approximate surface area is 89.9 Å². The van der Waals surface area contributed by atoms with Gasteiger partial charge < -0.3 is 20.5 Å². The summed E-state index contributed by atoms with van der Waals surface area (Å²) in [5.41, 5.74) is 6.78. The van der Waals surface area contributed by atoms with E-state index in [9.17, 15) is 4.79 Å². The minimum absolute atomic E-state index is 0.0870. The van der Waals surface area contributed by atoms with Crippen molar-refractivity contribution in [3.63, 3.8) is 0 Å². The number of aromatic nitrogens is 1. The summed E-state index contributed by atoms with van der Waals surface area (Å²) in [4.78, 5) is 13.7. The van der Waals surface area contributed by atoms with Crippen molar-refractivity contribution < 1.29 is 4.79 Å². The average Bonchev–Trinajstić information content (AvgIpc) is 2.44. The number of likely N-dealkylation sites (N-methyl/N-ethyl adjacent to an activating group) is 1. The number of nitrogens with one attached hydrogen (secondary N) is 1. The average molecular weight is 210 g/mol. The molecule has 1 heterocycles. The first-order valence-corrected chi connectivity index (χ1v) is 4.85. The quantitative estimate of drug-likeness (QED) is 0.729. The number of rotatable bonds is 4. The van der Waals surface area contributed by atoms with Crippen LogP contribution in [0.1, 0.15) is 10.5 Å². The van der Waals surface area contributed by atoms with Crippen molar-refractivity contribution in [3.8, 4) is 0 Å². The van der Waals surface area contributed by atoms with Crippen molar-refractivity contribution in [3.05, 3.63) is 18.0 Å². The van der Waals surface area contributed by atoms with E-state index in [1.807, 2.05) is 19.0 Å². The van der Waals surface area contributed by atoms with Gasteiger partial charge in [0.05, 0.1) is 5.69 Å². The third kappa shape index (κ3) is 3.28. The van der Waals surface area contributed by atoms with E-state index in [1.165, 1.54) is 0 Å². The van der Waals surface area contributed by atoms with E-state index in [-0.39, 0.29) is 5.91 Å². The largest absolute Gasteiger partial charge is 0.397 e. The van der Waals surface area contributed by atoms with E-state index >= 15 is 0 Å². The van der Waals surface area contributed by atoms with E-state index in [0.717, 1.165) is 6.54 Å². The molecule has 0 aliphatic rings. The monoisotopic (exact) mass is 210 g/mol. The first-order chi connectivity index (χ1) is 7.00. The highest BCUT2D eigenvalue weighted by Gasteiger charge is 2.09. The van der Waals surface area contributed by atoms with Crippen LogP contribution in [0.25, 0.3) is 0 Å². The lowest BCUT2D eigenvalue weighted by Crippen LogP contribution is -2.32. The van der Waals surface area contributed by atoms with Gasteiger partial charge in [0.2, 0.25) is 0 Å². The Morgan fingerprint density at radius 2 is 2.27 bits per heavy atom. The van der Waals surface area contributed by atoms with Crippen LogP contribution in [0.3, 0.4) is 0 Å². The summed E-state index contributed by atoms with van der Waals surface area (Å²) >= 11 is 0. The second-order valence-electron chi connectivity index (χ2n) is 3.83. The maximum atomic E-state index is 11.7. The molecule has 0 atom stereocenters. The molecule has 0 saturated carbocycles. The van der Waals surface area contributed by atoms with Gasteiger partial charge in [0.1, 0.15) is 5.69 Å². The molecule has 1 rings (SSSR count). The number of hydrogen-bond donors (Lipinski definition) is 2. The van der Waals surface area contributed by atoms with Crippen LogP contribution >= 0.6 is 0 Å². The maximum Gasteiger partial charge on any atom is 0.268 e. The molecule has 1 aromatic heterocycles. The molecule has 0 unspecified atom stereocenters. The molecular weight excluding hydrogens is 192 g/mol. The van der Waals surface area contributed by atoms with Crippen LogP contribution in [0.2, 0.25) is 0 Å². The fourth-order valence-corrected chi connectivity index (χ4v) is 1.30. The highest BCUT2D eigenvalue weighted by Crippen LogP contribution is 2.07. The number of nitrogens with zero attached hydrogens (tertiary/aromatic N) is 2. The van der Waals surface area contributed by atoms with Gasteiger partial charge in [-0.15, -0.1) is 0 Å². The van der Waals surface area contributed by atoms with Crippen LogP contribution in [0.5, 0.6) is 0 Å². The summed E-state index contributed by atoms with van der Waals surface area (Å²) < 4.78 is 1.72. The van der Waals surface area contributed by atoms with Gasteiger partial charge in [-0.1, -0.05) is 0 Å². The van der Waals surface area contributed by atoms with Crippen LogP contribution in [0, 0.1) is 0 Å². The number of nitrogens with two attached hydrogens (primary N) is 1. The Morgan fingerprint density at radius 3 is 2.73 bits per heavy atom. The number of aryl methyl sites for hydroxylation is 1. The first kappa shape index (κ1) is 11.6. The Balaban J connectivity index is 2.50. The van der Waals surface area contributed by atoms with E-state index in [2.05, 4.69) is 5.32 Å². The lowest BCUT2D eigenvalue weighted by molar-refractivity contribution is 0.0943. The number of anilines is 1. The summed E-state index contributed by atoms with van der Waals surface area (Å²) in [6.07, 6.45) is 1.72. The van der Waals surface area contributed by atoms with Crippen molar-refractivity contribution in [1.29, 1.82) is 0 Å². The standard InChI is InChI=1S/C10H18N4O/c1-13(2)5-4-12-10(15)9-6-8(11)7-14(9)3/h6-7H,4-5,11H2,1-3H3,(H,12,15). The SMILES string of the molecule is CN(C)CCNC(=O)c1cc(N)cn1C. The zero-order valence-electron chi connectivity index (χ0n) is 9.45. The van der Waals surface area contributed by atoms with Crippen LogP contribution in [-0.4, -0.2) is 42.6 Å². The van der Waals surface area contributed by atoms with Gasteiger partial charge in [-0.2, -0.15) is 0 Å². The second-order valence-corrected chi connectivity index (χ2v) is 3.83. The van der Waals surface area contributed by atoms with Gasteiger partial charge in [0, 0.05) is 26.3 Å². The van der Waals surface area contributed by atoms with E-state index in [1.54, 1.807) is 23.9 Å². The summed E-state index contributed by atoms with van der Waals surface area (Å²) in [6.45, 7) is 1.46. The smallest absolute Gasteiger partial charge is 0.268 e. The predicted molar refractivity (Wildman–Crippen MR) is 60.7 cm³/mol. The summed E-state index contributed by atoms with van der Waals surface area (Å²) in [5, 5.41) is 2.83. The molecular formula is C10H18N4O. The molecule has 3 N–H and O–H groups in total. The molecule has 15 heavy (non-hydrogen) atoms. The molecule has 0 fully saturated rings. The topological polar surface area (TPSA) is 63.3 Å². The number of hydrogen-bond acceptors (Lipinski definition) is 3. The molecule has 0 aliphatic carbocycles. The van der Waals surface area contributed by atoms with Crippen molar-refractivity contribution >= 4 is 11.6 Å². The zero-order valence-corrected chi connectivity index (χ0v) is 9.45. The van der Waals surface area contributed by atoms with E-state index in [0.29, 0.717) is 17.9 Å². The first-order valence-electron chi connectivity index (χ1n) is 4.85. The van der Waals surface area contributed by atoms with Crippen molar-refractivity contribution in [2.24, 2.45) is 7.05 Å². The lowest BCUT2D eigenvalue weighted by Gasteiger charge is -2.10. The van der Waals surface area contributed by atoms with Crippen LogP contribution in [-0.2, 0) is 7.05 Å². The van der Waals surface area contributed by atoms with Gasteiger partial charge in [0.25, 0.3) is 5.91 Å². The van der Waals surface area contributed by atoms with Crippen LogP contribution in [0.15, 0.2) is 12.3 Å². The lowest BCUT2D eigenvalue weighted by atomic mass is 10.4. The normalized spacial score (nSPS) is 10.7. The molecule has 5 heteroatoms. The van der Waals surface area contributed by atoms with Gasteiger partial charge in [-0.05, 0) is 20.2 Å². The minimum Gasteiger partial charge on any atom is -0.397 e. The number of carbonyl (C=O) groups is 1. The number of amides is 1. The molecule has 1 aromatic rings. The molecule has 0 aromatic carbocycles. The summed E-state index contributed by atoms with van der Waals surface area (Å²) in [6, 6.07) is 1.67. The Hall–Kier alpha value is -1.49. The molecule has 0 saturated heterocycles. The number of nitrogen functional groups attached to an aromatic ring is 1. The fourth-order valence-electron chi connectivity index (χ4n) is 1.30. The maximum absolute atomic E-state index is 11.7. The van der Waals surface area contributed by atoms with E-state index < -0.39 is 0 Å². The Kier molecular flexibility index (Phi) is 3.74. The highest BCUT2D eigenvalue weighted by molar-refractivity contribution is 5.93. The van der Waals surface area contributed by atoms with Gasteiger partial charge >= 0.3 is 0 Å². The molecule has 84 valence electrons. The third-order valence-corrected chi connectivity index (χ3v) is 2.10. The minimum atomic E-state index is -0.0870. The number of carbonyl (C=O) groups excluding carboxylic acids is 1. The van der Waals surface area contributed by atoms with Gasteiger partial charge in [-0.25, -0.2) is 0 Å². The fraction of sp³-hybridized carbons (Fsp3) is 0.500. The van der Waals surface area contributed by atoms with Crippen LogP contribution in [0.4, 0.5) is 5.69 Å². The van der Waals surface area contributed by atoms with Crippen LogP contribution < -0.4 is 11.1 Å². The predicted octanol–water partition coefficient (Wildman–Crippen LogP) is -0.101. The summed E-state index contributed by atoms with van der Waals surface area (Å²) in [5.74, 6) is -0.0870. The zero-order chi connectivity index (χ0) is 11.4. The van der Waals surface area contributed by atoms with Gasteiger partial charge in [0.15, 0.2) is 0 Å². The summed E-state index contributed by atoms with van der Waals surface area (Å²) in [7, 11) is 5.73. The highest BCUT2D eigenvalue weighted by atomic mass is 16.1. The Bertz CT molecular complexity index is 343. The third-order valence-electron chi connectivity index (χ3n) is 2.10. The Morgan fingerprint density at radius 1 is 1.60 bits per heavy atom. The van der Waals surface area contributed by atoms with Crippen molar-refractivity contribution in [1.82, 2.24) is 14.8 Å². The molecule has 0 bridgehead atoms. The van der Waals surface area contributed by atoms with Crippen molar-refractivity contribution in [2.45, 2.75) is 0 Å². The molecule has 0 radical (unpaired) electrons. The van der Waals surface area contributed by atoms with Crippen molar-refractivity contribution in [2.75, 3.05) is 32.9 Å².